The van der Waals surface area contributed by atoms with E-state index in [2.05, 4.69) is 0 Å². The third-order valence-corrected chi connectivity index (χ3v) is 4.65. The summed E-state index contributed by atoms with van der Waals surface area (Å²) in [6, 6.07) is 7.51. The van der Waals surface area contributed by atoms with Gasteiger partial charge < -0.3 is 10.2 Å². The maximum absolute atomic E-state index is 12.2. The summed E-state index contributed by atoms with van der Waals surface area (Å²) in [6.07, 6.45) is -2.14. The SMILES string of the molecule is N#Cc1cccc(S(=O)(=O)N2C[C@@H](O)[C@@H](O)C2)c1. The zero-order chi connectivity index (χ0) is 13.3. The van der Waals surface area contributed by atoms with Crippen LogP contribution in [0.4, 0.5) is 0 Å². The van der Waals surface area contributed by atoms with Gasteiger partial charge in [-0.05, 0) is 18.2 Å². The second-order valence-corrected chi connectivity index (χ2v) is 6.03. The lowest BCUT2D eigenvalue weighted by Gasteiger charge is -2.15. The summed E-state index contributed by atoms with van der Waals surface area (Å²) in [5, 5.41) is 27.5. The van der Waals surface area contributed by atoms with Crippen LogP contribution in [0, 0.1) is 11.3 Å². The molecule has 0 amide bonds. The predicted molar refractivity (Wildman–Crippen MR) is 61.9 cm³/mol. The van der Waals surface area contributed by atoms with Crippen molar-refractivity contribution < 1.29 is 18.6 Å². The highest BCUT2D eigenvalue weighted by Gasteiger charge is 2.37. The Labute approximate surface area is 105 Å². The lowest BCUT2D eigenvalue weighted by molar-refractivity contribution is 0.0572. The third-order valence-electron chi connectivity index (χ3n) is 2.83. The molecule has 1 heterocycles. The molecule has 1 saturated heterocycles. The molecule has 96 valence electrons. The molecule has 0 unspecified atom stereocenters. The molecule has 1 aromatic carbocycles. The van der Waals surface area contributed by atoms with E-state index in [9.17, 15) is 18.6 Å². The molecule has 18 heavy (non-hydrogen) atoms. The Morgan fingerprint density at radius 1 is 1.28 bits per heavy atom. The van der Waals surface area contributed by atoms with Crippen molar-refractivity contribution in [2.75, 3.05) is 13.1 Å². The highest BCUT2D eigenvalue weighted by atomic mass is 32.2. The largest absolute Gasteiger partial charge is 0.389 e. The summed E-state index contributed by atoms with van der Waals surface area (Å²) < 4.78 is 25.4. The van der Waals surface area contributed by atoms with Gasteiger partial charge in [0, 0.05) is 13.1 Å². The molecular formula is C11H12N2O4S. The van der Waals surface area contributed by atoms with Crippen LogP contribution in [0.1, 0.15) is 5.56 Å². The summed E-state index contributed by atoms with van der Waals surface area (Å²) in [4.78, 5) is -0.0112. The zero-order valence-corrected chi connectivity index (χ0v) is 10.2. The molecule has 0 aromatic heterocycles. The van der Waals surface area contributed by atoms with Crippen LogP contribution in [0.3, 0.4) is 0 Å². The number of nitrogens with zero attached hydrogens (tertiary/aromatic N) is 2. The van der Waals surface area contributed by atoms with Crippen LogP contribution in [-0.4, -0.2) is 48.2 Å². The van der Waals surface area contributed by atoms with E-state index in [1.54, 1.807) is 0 Å². The highest BCUT2D eigenvalue weighted by Crippen LogP contribution is 2.21. The molecule has 0 radical (unpaired) electrons. The van der Waals surface area contributed by atoms with Gasteiger partial charge in [-0.3, -0.25) is 0 Å². The molecule has 2 rings (SSSR count). The number of nitriles is 1. The van der Waals surface area contributed by atoms with Crippen LogP contribution in [0.2, 0.25) is 0 Å². The average Bonchev–Trinajstić information content (AvgIpc) is 2.70. The fraction of sp³-hybridized carbons (Fsp3) is 0.364. The van der Waals surface area contributed by atoms with E-state index in [0.29, 0.717) is 0 Å². The van der Waals surface area contributed by atoms with Gasteiger partial charge in [-0.25, -0.2) is 8.42 Å². The number of benzene rings is 1. The van der Waals surface area contributed by atoms with Gasteiger partial charge in [-0.1, -0.05) is 6.07 Å². The quantitative estimate of drug-likeness (QED) is 0.737. The van der Waals surface area contributed by atoms with Gasteiger partial charge in [0.2, 0.25) is 10.0 Å². The van der Waals surface area contributed by atoms with E-state index in [-0.39, 0.29) is 23.5 Å². The van der Waals surface area contributed by atoms with Crippen molar-refractivity contribution in [3.63, 3.8) is 0 Å². The van der Waals surface area contributed by atoms with Crippen LogP contribution < -0.4 is 0 Å². The molecule has 0 aliphatic carbocycles. The van der Waals surface area contributed by atoms with Gasteiger partial charge in [-0.2, -0.15) is 9.57 Å². The number of β-amino-alcohol motifs (C(OH)–C–C–N with tert-alkyl or cyclic N) is 2. The Hall–Kier alpha value is -1.46. The standard InChI is InChI=1S/C11H12N2O4S/c12-5-8-2-1-3-9(4-8)18(16,17)13-6-10(14)11(15)7-13/h1-4,10-11,14-15H,6-7H2/t10-,11+. The molecule has 1 aromatic rings. The lowest BCUT2D eigenvalue weighted by atomic mass is 10.2. The van der Waals surface area contributed by atoms with E-state index in [1.165, 1.54) is 24.3 Å². The molecule has 1 fully saturated rings. The molecule has 6 nitrogen and oxygen atoms in total. The van der Waals surface area contributed by atoms with Gasteiger partial charge in [-0.15, -0.1) is 0 Å². The van der Waals surface area contributed by atoms with Gasteiger partial charge in [0.15, 0.2) is 0 Å². The van der Waals surface area contributed by atoms with Crippen molar-refractivity contribution in [1.29, 1.82) is 5.26 Å². The molecule has 1 aliphatic heterocycles. The molecule has 1 aliphatic rings. The summed E-state index contributed by atoms with van der Waals surface area (Å²) in [7, 11) is -3.77. The van der Waals surface area contributed by atoms with E-state index in [1.807, 2.05) is 6.07 Å². The minimum Gasteiger partial charge on any atom is -0.389 e. The Bertz CT molecular complexity index is 583. The fourth-order valence-electron chi connectivity index (χ4n) is 1.81. The van der Waals surface area contributed by atoms with Crippen molar-refractivity contribution in [1.82, 2.24) is 4.31 Å². The van der Waals surface area contributed by atoms with Crippen LogP contribution in [0.15, 0.2) is 29.2 Å². The van der Waals surface area contributed by atoms with Crippen LogP contribution in [0.25, 0.3) is 0 Å². The fourth-order valence-corrected chi connectivity index (χ4v) is 3.33. The number of rotatable bonds is 2. The first kappa shape index (κ1) is 13.0. The number of aliphatic hydroxyl groups is 2. The minimum absolute atomic E-state index is 0.0112. The number of sulfonamides is 1. The van der Waals surface area contributed by atoms with E-state index >= 15 is 0 Å². The van der Waals surface area contributed by atoms with E-state index < -0.39 is 22.2 Å². The average molecular weight is 268 g/mol. The number of aliphatic hydroxyl groups excluding tert-OH is 2. The summed E-state index contributed by atoms with van der Waals surface area (Å²) >= 11 is 0. The van der Waals surface area contributed by atoms with Crippen molar-refractivity contribution >= 4 is 10.0 Å². The maximum Gasteiger partial charge on any atom is 0.243 e. The van der Waals surface area contributed by atoms with Crippen molar-refractivity contribution in [3.8, 4) is 6.07 Å². The molecule has 2 atom stereocenters. The summed E-state index contributed by atoms with van der Waals surface area (Å²) in [6.45, 7) is -0.277. The van der Waals surface area contributed by atoms with E-state index in [4.69, 9.17) is 5.26 Å². The molecule has 0 saturated carbocycles. The first-order chi connectivity index (χ1) is 8.45. The first-order valence-electron chi connectivity index (χ1n) is 5.31. The molecule has 0 bridgehead atoms. The van der Waals surface area contributed by atoms with Crippen LogP contribution in [0.5, 0.6) is 0 Å². The highest BCUT2D eigenvalue weighted by molar-refractivity contribution is 7.89. The normalized spacial score (nSPS) is 24.9. The van der Waals surface area contributed by atoms with Gasteiger partial charge in [0.25, 0.3) is 0 Å². The van der Waals surface area contributed by atoms with Crippen molar-refractivity contribution in [2.45, 2.75) is 17.1 Å². The third kappa shape index (κ3) is 2.23. The van der Waals surface area contributed by atoms with E-state index in [0.717, 1.165) is 4.31 Å². The maximum atomic E-state index is 12.2. The van der Waals surface area contributed by atoms with Gasteiger partial charge in [0.1, 0.15) is 0 Å². The monoisotopic (exact) mass is 268 g/mol. The predicted octanol–water partition coefficient (Wildman–Crippen LogP) is -0.716. The second kappa shape index (κ2) is 4.66. The Kier molecular flexibility index (Phi) is 3.36. The number of hydrogen-bond donors (Lipinski definition) is 2. The Morgan fingerprint density at radius 2 is 1.89 bits per heavy atom. The second-order valence-electron chi connectivity index (χ2n) is 4.10. The molecule has 0 spiro atoms. The zero-order valence-electron chi connectivity index (χ0n) is 9.39. The first-order valence-corrected chi connectivity index (χ1v) is 6.75. The number of hydrogen-bond acceptors (Lipinski definition) is 5. The van der Waals surface area contributed by atoms with Crippen LogP contribution in [-0.2, 0) is 10.0 Å². The topological polar surface area (TPSA) is 102 Å². The van der Waals surface area contributed by atoms with Gasteiger partial charge in [0.05, 0.1) is 28.7 Å². The smallest absolute Gasteiger partial charge is 0.243 e. The molecule has 2 N–H and O–H groups in total. The summed E-state index contributed by atoms with van der Waals surface area (Å²) in [5.74, 6) is 0. The Balaban J connectivity index is 2.35. The molecular weight excluding hydrogens is 256 g/mol. The van der Waals surface area contributed by atoms with Crippen molar-refractivity contribution in [2.24, 2.45) is 0 Å². The van der Waals surface area contributed by atoms with Gasteiger partial charge >= 0.3 is 0 Å². The lowest BCUT2D eigenvalue weighted by Crippen LogP contribution is -2.30. The molecule has 7 heteroatoms. The Morgan fingerprint density at radius 3 is 2.44 bits per heavy atom. The van der Waals surface area contributed by atoms with Crippen molar-refractivity contribution in [3.05, 3.63) is 29.8 Å². The minimum atomic E-state index is -3.77. The van der Waals surface area contributed by atoms with Crippen LogP contribution >= 0.6 is 0 Å². The summed E-state index contributed by atoms with van der Waals surface area (Å²) in [5.41, 5.74) is 0.247.